The Hall–Kier alpha value is -2.69. The van der Waals surface area contributed by atoms with Crippen LogP contribution < -0.4 is 5.32 Å². The zero-order valence-electron chi connectivity index (χ0n) is 11.7. The molecule has 0 saturated heterocycles. The first kappa shape index (κ1) is 14.3. The Kier molecular flexibility index (Phi) is 3.87. The molecule has 0 saturated carbocycles. The summed E-state index contributed by atoms with van der Waals surface area (Å²) in [5.41, 5.74) is 1.61. The maximum Gasteiger partial charge on any atom is 0.267 e. The highest BCUT2D eigenvalue weighted by Gasteiger charge is 2.10. The minimum atomic E-state index is -0.349. The number of fused-ring (bicyclic) bond motifs is 1. The number of carbonyl (C=O) groups is 1. The third-order valence-electron chi connectivity index (χ3n) is 3.47. The van der Waals surface area contributed by atoms with Crippen LogP contribution in [-0.2, 0) is 6.42 Å². The molecule has 1 aromatic heterocycles. The number of hydrogen-bond donors (Lipinski definition) is 2. The summed E-state index contributed by atoms with van der Waals surface area (Å²) in [5, 5.41) is 3.36. The van der Waals surface area contributed by atoms with E-state index in [0.717, 1.165) is 0 Å². The molecule has 112 valence electrons. The molecule has 3 nitrogen and oxygen atoms in total. The van der Waals surface area contributed by atoms with Gasteiger partial charge in [-0.3, -0.25) is 4.79 Å². The third-order valence-corrected chi connectivity index (χ3v) is 3.47. The second-order valence-corrected chi connectivity index (χ2v) is 5.01. The fourth-order valence-corrected chi connectivity index (χ4v) is 2.33. The van der Waals surface area contributed by atoms with Crippen molar-refractivity contribution in [2.24, 2.45) is 0 Å². The number of hydrogen-bond acceptors (Lipinski definition) is 1. The van der Waals surface area contributed by atoms with Gasteiger partial charge in [-0.15, -0.1) is 0 Å². The van der Waals surface area contributed by atoms with Gasteiger partial charge in [0.15, 0.2) is 0 Å². The van der Waals surface area contributed by atoms with Crippen LogP contribution in [0.25, 0.3) is 10.9 Å². The quantitative estimate of drug-likeness (QED) is 0.762. The van der Waals surface area contributed by atoms with Gasteiger partial charge >= 0.3 is 0 Å². The Morgan fingerprint density at radius 1 is 1.09 bits per heavy atom. The van der Waals surface area contributed by atoms with E-state index >= 15 is 0 Å². The van der Waals surface area contributed by atoms with Crippen LogP contribution in [0.3, 0.4) is 0 Å². The normalized spacial score (nSPS) is 10.8. The van der Waals surface area contributed by atoms with Gasteiger partial charge in [-0.2, -0.15) is 0 Å². The lowest BCUT2D eigenvalue weighted by Crippen LogP contribution is -2.26. The Morgan fingerprint density at radius 3 is 2.73 bits per heavy atom. The van der Waals surface area contributed by atoms with Gasteiger partial charge in [0.1, 0.15) is 17.3 Å². The topological polar surface area (TPSA) is 44.9 Å². The number of benzene rings is 2. The molecule has 1 heterocycles. The molecule has 0 aliphatic rings. The molecule has 0 fully saturated rings. The molecule has 0 unspecified atom stereocenters. The largest absolute Gasteiger partial charge is 0.351 e. The number of rotatable bonds is 4. The molecule has 0 bridgehead atoms. The lowest BCUT2D eigenvalue weighted by Gasteiger charge is -2.05. The van der Waals surface area contributed by atoms with Gasteiger partial charge in [0, 0.05) is 17.4 Å². The van der Waals surface area contributed by atoms with E-state index in [4.69, 9.17) is 0 Å². The van der Waals surface area contributed by atoms with Crippen LogP contribution in [0.4, 0.5) is 8.78 Å². The Bertz CT molecular complexity index is 826. The number of amides is 1. The molecule has 0 atom stereocenters. The molecular weight excluding hydrogens is 286 g/mol. The molecule has 5 heteroatoms. The molecule has 0 aliphatic carbocycles. The van der Waals surface area contributed by atoms with E-state index in [1.165, 1.54) is 18.2 Å². The van der Waals surface area contributed by atoms with Gasteiger partial charge in [-0.05, 0) is 42.3 Å². The highest BCUT2D eigenvalue weighted by Crippen LogP contribution is 2.16. The van der Waals surface area contributed by atoms with Crippen LogP contribution >= 0.6 is 0 Å². The smallest absolute Gasteiger partial charge is 0.267 e. The summed E-state index contributed by atoms with van der Waals surface area (Å²) in [5.74, 6) is -0.927. The van der Waals surface area contributed by atoms with Crippen LogP contribution in [0.1, 0.15) is 16.1 Å². The number of aromatic amines is 1. The summed E-state index contributed by atoms with van der Waals surface area (Å²) in [7, 11) is 0. The molecular formula is C17H14F2N2O. The van der Waals surface area contributed by atoms with Gasteiger partial charge in [0.25, 0.3) is 5.91 Å². The van der Waals surface area contributed by atoms with Crippen molar-refractivity contribution in [2.45, 2.75) is 6.42 Å². The number of H-pyrrole nitrogens is 1. The first-order valence-corrected chi connectivity index (χ1v) is 6.93. The average Bonchev–Trinajstić information content (AvgIpc) is 2.92. The maximum atomic E-state index is 13.5. The second kappa shape index (κ2) is 5.97. The highest BCUT2D eigenvalue weighted by molar-refractivity contribution is 5.97. The third kappa shape index (κ3) is 2.98. The van der Waals surface area contributed by atoms with Crippen LogP contribution in [0.15, 0.2) is 48.5 Å². The molecule has 2 aromatic carbocycles. The zero-order chi connectivity index (χ0) is 15.5. The first-order chi connectivity index (χ1) is 10.6. The fraction of sp³-hybridized carbons (Fsp3) is 0.118. The number of carbonyl (C=O) groups excluding carboxylic acids is 1. The first-order valence-electron chi connectivity index (χ1n) is 6.93. The highest BCUT2D eigenvalue weighted by atomic mass is 19.1. The van der Waals surface area contributed by atoms with Crippen molar-refractivity contribution >= 4 is 16.8 Å². The minimum absolute atomic E-state index is 0.280. The van der Waals surface area contributed by atoms with E-state index in [9.17, 15) is 13.6 Å². The van der Waals surface area contributed by atoms with Gasteiger partial charge in [0.2, 0.25) is 0 Å². The molecule has 3 aromatic rings. The van der Waals surface area contributed by atoms with Crippen LogP contribution in [-0.4, -0.2) is 17.4 Å². The molecule has 0 radical (unpaired) electrons. The number of halogens is 2. The lowest BCUT2D eigenvalue weighted by molar-refractivity contribution is 0.0950. The van der Waals surface area contributed by atoms with Crippen molar-refractivity contribution in [1.29, 1.82) is 0 Å². The minimum Gasteiger partial charge on any atom is -0.351 e. The molecule has 2 N–H and O–H groups in total. The zero-order valence-corrected chi connectivity index (χ0v) is 11.7. The van der Waals surface area contributed by atoms with Crippen molar-refractivity contribution < 1.29 is 13.6 Å². The molecule has 22 heavy (non-hydrogen) atoms. The van der Waals surface area contributed by atoms with Crippen molar-refractivity contribution in [2.75, 3.05) is 6.54 Å². The van der Waals surface area contributed by atoms with E-state index < -0.39 is 0 Å². The van der Waals surface area contributed by atoms with E-state index in [-0.39, 0.29) is 17.5 Å². The van der Waals surface area contributed by atoms with E-state index in [2.05, 4.69) is 10.3 Å². The predicted molar refractivity (Wildman–Crippen MR) is 80.7 cm³/mol. The second-order valence-electron chi connectivity index (χ2n) is 5.01. The summed E-state index contributed by atoms with van der Waals surface area (Å²) in [6, 6.07) is 12.3. The van der Waals surface area contributed by atoms with Crippen LogP contribution in [0, 0.1) is 11.6 Å². The summed E-state index contributed by atoms with van der Waals surface area (Å²) in [4.78, 5) is 15.0. The molecule has 0 aliphatic heterocycles. The molecule has 3 rings (SSSR count). The number of aromatic nitrogens is 1. The van der Waals surface area contributed by atoms with Crippen molar-refractivity contribution in [3.63, 3.8) is 0 Å². The van der Waals surface area contributed by atoms with Crippen LogP contribution in [0.2, 0.25) is 0 Å². The summed E-state index contributed by atoms with van der Waals surface area (Å²) < 4.78 is 26.6. The maximum absolute atomic E-state index is 13.5. The van der Waals surface area contributed by atoms with E-state index in [1.807, 2.05) is 0 Å². The summed E-state index contributed by atoms with van der Waals surface area (Å²) in [6.07, 6.45) is 0.410. The Morgan fingerprint density at radius 2 is 1.91 bits per heavy atom. The number of nitrogens with one attached hydrogen (secondary N) is 2. The predicted octanol–water partition coefficient (Wildman–Crippen LogP) is 3.42. The van der Waals surface area contributed by atoms with Crippen LogP contribution in [0.5, 0.6) is 0 Å². The fourth-order valence-electron chi connectivity index (χ4n) is 2.33. The summed E-state index contributed by atoms with van der Waals surface area (Å²) >= 11 is 0. The van der Waals surface area contributed by atoms with Crippen molar-refractivity contribution in [3.8, 4) is 0 Å². The van der Waals surface area contributed by atoms with E-state index in [0.29, 0.717) is 35.1 Å². The van der Waals surface area contributed by atoms with Crippen molar-refractivity contribution in [1.82, 2.24) is 10.3 Å². The Labute approximate surface area is 126 Å². The lowest BCUT2D eigenvalue weighted by atomic mass is 10.1. The standard InChI is InChI=1S/C17H14F2N2O/c18-13-5-6-15-12(9-13)10-16(21-15)17(22)20-8-7-11-3-1-2-4-14(11)19/h1-6,9-10,21H,7-8H2,(H,20,22). The van der Waals surface area contributed by atoms with Gasteiger partial charge in [-0.25, -0.2) is 8.78 Å². The molecule has 1 amide bonds. The summed E-state index contributed by atoms with van der Waals surface area (Å²) in [6.45, 7) is 0.323. The van der Waals surface area contributed by atoms with Gasteiger partial charge in [-0.1, -0.05) is 18.2 Å². The monoisotopic (exact) mass is 300 g/mol. The SMILES string of the molecule is O=C(NCCc1ccccc1F)c1cc2cc(F)ccc2[nH]1. The average molecular weight is 300 g/mol. The van der Waals surface area contributed by atoms with E-state index in [1.54, 1.807) is 30.3 Å². The van der Waals surface area contributed by atoms with Gasteiger partial charge in [0.05, 0.1) is 0 Å². The van der Waals surface area contributed by atoms with Crippen molar-refractivity contribution in [3.05, 3.63) is 71.4 Å². The Balaban J connectivity index is 1.65. The van der Waals surface area contributed by atoms with Gasteiger partial charge < -0.3 is 10.3 Å². The molecule has 0 spiro atoms.